The van der Waals surface area contributed by atoms with E-state index in [0.29, 0.717) is 0 Å². The molecule has 49 heavy (non-hydrogen) atoms. The lowest BCUT2D eigenvalue weighted by Gasteiger charge is -2.38. The van der Waals surface area contributed by atoms with Gasteiger partial charge in [0.2, 0.25) is 0 Å². The van der Waals surface area contributed by atoms with Crippen molar-refractivity contribution in [3.63, 3.8) is 0 Å². The molecule has 0 aromatic heterocycles. The van der Waals surface area contributed by atoms with Gasteiger partial charge in [0.15, 0.2) is 0 Å². The second kappa shape index (κ2) is 17.1. The fraction of sp³-hybridized carbons (Fsp3) is 0.325. The number of carbonyl (C=O) groups excluding carboxylic acids is 2. The first-order valence-electron chi connectivity index (χ1n) is 16.4. The van der Waals surface area contributed by atoms with Crippen LogP contribution in [0.2, 0.25) is 0 Å². The number of nitrogens with one attached hydrogen (secondary N) is 1. The number of hydrogen-bond acceptors (Lipinski definition) is 6. The summed E-state index contributed by atoms with van der Waals surface area (Å²) in [7, 11) is 0. The van der Waals surface area contributed by atoms with Crippen molar-refractivity contribution in [2.45, 2.75) is 63.7 Å². The molecule has 0 bridgehead atoms. The Morgan fingerprint density at radius 2 is 1.20 bits per heavy atom. The van der Waals surface area contributed by atoms with Crippen LogP contribution in [0, 0.1) is 5.92 Å². The molecule has 4 rings (SSSR count). The molecular weight excluding hydrogens is 637 g/mol. The van der Waals surface area contributed by atoms with Gasteiger partial charge in [-0.25, -0.2) is 14.4 Å². The molecule has 2 N–H and O–H groups in total. The number of thioether (sulfide) groups is 1. The van der Waals surface area contributed by atoms with Crippen molar-refractivity contribution in [2.24, 2.45) is 5.92 Å². The van der Waals surface area contributed by atoms with Gasteiger partial charge in [-0.1, -0.05) is 135 Å². The second-order valence-electron chi connectivity index (χ2n) is 13.2. The molecule has 0 unspecified atom stereocenters. The topological polar surface area (TPSA) is 105 Å². The molecule has 0 aliphatic carbocycles. The Hall–Kier alpha value is -4.76. The summed E-state index contributed by atoms with van der Waals surface area (Å²) in [6.45, 7) is 8.64. The van der Waals surface area contributed by atoms with E-state index in [9.17, 15) is 19.5 Å². The fourth-order valence-corrected chi connectivity index (χ4v) is 7.28. The van der Waals surface area contributed by atoms with Crippen LogP contribution in [-0.4, -0.2) is 58.1 Å². The molecule has 9 heteroatoms. The molecule has 0 fully saturated rings. The number of amides is 2. The lowest BCUT2D eigenvalue weighted by atomic mass is 9.84. The summed E-state index contributed by atoms with van der Waals surface area (Å²) in [6.07, 6.45) is -1.46. The molecule has 0 aliphatic rings. The Morgan fingerprint density at radius 1 is 0.755 bits per heavy atom. The fourth-order valence-electron chi connectivity index (χ4n) is 5.73. The zero-order chi connectivity index (χ0) is 35.4. The average molecular weight is 683 g/mol. The molecule has 0 radical (unpaired) electrons. The Kier molecular flexibility index (Phi) is 12.9. The lowest BCUT2D eigenvalue weighted by Crippen LogP contribution is -2.55. The SMILES string of the molecule is CC(C)[C@@H](C(=O)O)N(C[C@@H](CSC(c1ccccc1)(c1ccccc1)c1ccccc1)NC(=O)OC(C)(C)C)C(=O)OCc1ccccc1. The van der Waals surface area contributed by atoms with E-state index >= 15 is 0 Å². The van der Waals surface area contributed by atoms with E-state index in [4.69, 9.17) is 9.47 Å². The van der Waals surface area contributed by atoms with Gasteiger partial charge >= 0.3 is 18.2 Å². The maximum Gasteiger partial charge on any atom is 0.410 e. The summed E-state index contributed by atoms with van der Waals surface area (Å²) in [5, 5.41) is 13.3. The summed E-state index contributed by atoms with van der Waals surface area (Å²) in [6, 6.07) is 37.6. The van der Waals surface area contributed by atoms with E-state index in [1.807, 2.05) is 84.9 Å². The van der Waals surface area contributed by atoms with E-state index in [2.05, 4.69) is 41.7 Å². The van der Waals surface area contributed by atoms with Crippen LogP contribution in [0.5, 0.6) is 0 Å². The number of carbonyl (C=O) groups is 3. The Labute approximate surface area is 293 Å². The molecule has 2 atom stereocenters. The number of rotatable bonds is 14. The van der Waals surface area contributed by atoms with E-state index in [0.717, 1.165) is 22.3 Å². The van der Waals surface area contributed by atoms with E-state index in [1.54, 1.807) is 46.4 Å². The lowest BCUT2D eigenvalue weighted by molar-refractivity contribution is -0.144. The van der Waals surface area contributed by atoms with Crippen molar-refractivity contribution in [1.29, 1.82) is 0 Å². The van der Waals surface area contributed by atoms with Crippen LogP contribution in [0.3, 0.4) is 0 Å². The minimum absolute atomic E-state index is 0.0291. The number of carboxylic acid groups (broad SMARTS) is 1. The number of aliphatic carboxylic acids is 1. The van der Waals surface area contributed by atoms with Gasteiger partial charge in [0.25, 0.3) is 0 Å². The van der Waals surface area contributed by atoms with Crippen molar-refractivity contribution in [3.8, 4) is 0 Å². The standard InChI is InChI=1S/C40H46N2O6S/c1-29(2)35(36(43)44)42(38(46)47-27-30-18-10-6-11-19-30)26-34(41-37(45)48-39(3,4)5)28-49-40(31-20-12-7-13-21-31,32-22-14-8-15-23-32)33-24-16-9-17-25-33/h6-25,29,34-35H,26-28H2,1-5H3,(H,41,45)(H,43,44)/t34-,35-/m0/s1. The van der Waals surface area contributed by atoms with Gasteiger partial charge < -0.3 is 19.9 Å². The van der Waals surface area contributed by atoms with Gasteiger partial charge in [-0.2, -0.15) is 0 Å². The zero-order valence-electron chi connectivity index (χ0n) is 28.7. The first-order chi connectivity index (χ1) is 23.4. The van der Waals surface area contributed by atoms with Crippen LogP contribution in [0.1, 0.15) is 56.9 Å². The monoisotopic (exact) mass is 682 g/mol. The highest BCUT2D eigenvalue weighted by molar-refractivity contribution is 8.00. The van der Waals surface area contributed by atoms with Crippen LogP contribution < -0.4 is 5.32 Å². The molecule has 0 heterocycles. The van der Waals surface area contributed by atoms with Crippen molar-refractivity contribution in [1.82, 2.24) is 10.2 Å². The molecule has 0 saturated carbocycles. The summed E-state index contributed by atoms with van der Waals surface area (Å²) in [5.41, 5.74) is 3.07. The van der Waals surface area contributed by atoms with Gasteiger partial charge in [0.1, 0.15) is 18.2 Å². The maximum atomic E-state index is 13.8. The first-order valence-corrected chi connectivity index (χ1v) is 17.4. The van der Waals surface area contributed by atoms with Gasteiger partial charge in [0.05, 0.1) is 10.8 Å². The van der Waals surface area contributed by atoms with Crippen molar-refractivity contribution >= 4 is 29.9 Å². The van der Waals surface area contributed by atoms with Gasteiger partial charge in [-0.3, -0.25) is 4.90 Å². The average Bonchev–Trinajstić information content (AvgIpc) is 3.08. The highest BCUT2D eigenvalue weighted by atomic mass is 32.2. The van der Waals surface area contributed by atoms with Crippen molar-refractivity contribution in [2.75, 3.05) is 12.3 Å². The predicted molar refractivity (Wildman–Crippen MR) is 194 cm³/mol. The Balaban J connectivity index is 1.77. The van der Waals surface area contributed by atoms with Crippen LogP contribution in [0.25, 0.3) is 0 Å². The number of carboxylic acids is 1. The molecule has 8 nitrogen and oxygen atoms in total. The number of ether oxygens (including phenoxy) is 2. The number of alkyl carbamates (subject to hydrolysis) is 1. The molecule has 0 spiro atoms. The van der Waals surface area contributed by atoms with Gasteiger partial charge in [-0.05, 0) is 48.9 Å². The van der Waals surface area contributed by atoms with Gasteiger partial charge in [-0.15, -0.1) is 11.8 Å². The Morgan fingerprint density at radius 3 is 1.61 bits per heavy atom. The zero-order valence-corrected chi connectivity index (χ0v) is 29.6. The van der Waals surface area contributed by atoms with E-state index < -0.39 is 46.5 Å². The van der Waals surface area contributed by atoms with E-state index in [-0.39, 0.29) is 18.9 Å². The minimum Gasteiger partial charge on any atom is -0.480 e. The summed E-state index contributed by atoms with van der Waals surface area (Å²) < 4.78 is 10.6. The highest BCUT2D eigenvalue weighted by Gasteiger charge is 2.40. The molecule has 0 aliphatic heterocycles. The molecule has 0 saturated heterocycles. The van der Waals surface area contributed by atoms with Crippen LogP contribution in [0.4, 0.5) is 9.59 Å². The van der Waals surface area contributed by atoms with Crippen LogP contribution in [0.15, 0.2) is 121 Å². The molecule has 258 valence electrons. The van der Waals surface area contributed by atoms with Crippen molar-refractivity contribution < 1.29 is 29.0 Å². The smallest absolute Gasteiger partial charge is 0.410 e. The molecule has 4 aromatic carbocycles. The van der Waals surface area contributed by atoms with Crippen molar-refractivity contribution in [3.05, 3.63) is 144 Å². The third-order valence-corrected chi connectivity index (χ3v) is 9.55. The van der Waals surface area contributed by atoms with Gasteiger partial charge in [0, 0.05) is 12.3 Å². The Bertz CT molecular complexity index is 1530. The number of benzene rings is 4. The van der Waals surface area contributed by atoms with Crippen LogP contribution in [-0.2, 0) is 25.6 Å². The first kappa shape index (κ1) is 37.1. The third-order valence-electron chi connectivity index (χ3n) is 7.84. The highest BCUT2D eigenvalue weighted by Crippen LogP contribution is 2.48. The number of hydrogen-bond donors (Lipinski definition) is 2. The normalized spacial score (nSPS) is 12.9. The number of nitrogens with zero attached hydrogens (tertiary/aromatic N) is 1. The minimum atomic E-state index is -1.21. The summed E-state index contributed by atoms with van der Waals surface area (Å²) in [4.78, 5) is 41.0. The maximum absolute atomic E-state index is 13.8. The molecule has 4 aromatic rings. The second-order valence-corrected chi connectivity index (χ2v) is 14.4. The molecular formula is C40H46N2O6S. The third kappa shape index (κ3) is 10.1. The summed E-state index contributed by atoms with van der Waals surface area (Å²) in [5.74, 6) is -1.33. The predicted octanol–water partition coefficient (Wildman–Crippen LogP) is 8.35. The van der Waals surface area contributed by atoms with E-state index in [1.165, 1.54) is 4.90 Å². The largest absolute Gasteiger partial charge is 0.480 e. The summed E-state index contributed by atoms with van der Waals surface area (Å²) >= 11 is 1.59. The quantitative estimate of drug-likeness (QED) is 0.129. The van der Waals surface area contributed by atoms with Crippen LogP contribution >= 0.6 is 11.8 Å². The molecule has 2 amide bonds.